The van der Waals surface area contributed by atoms with Crippen LogP contribution in [-0.2, 0) is 20.9 Å². The standard InChI is InChI=1S/C20H22N2O6/c1-21(19(23)9-10-20-26-11-12-27-20)17-13-16(22(24)25)7-8-18(17)28-14-15-5-3-2-4-6-15/h2-8,13,20H,9-12,14H2,1H3. The first kappa shape index (κ1) is 19.8. The maximum absolute atomic E-state index is 12.6. The van der Waals surface area contributed by atoms with Crippen molar-refractivity contribution in [2.45, 2.75) is 25.7 Å². The summed E-state index contributed by atoms with van der Waals surface area (Å²) in [6.07, 6.45) is 0.247. The number of non-ortho nitro benzene ring substituents is 1. The summed E-state index contributed by atoms with van der Waals surface area (Å²) in [6, 6.07) is 13.8. The summed E-state index contributed by atoms with van der Waals surface area (Å²) in [4.78, 5) is 24.6. The van der Waals surface area contributed by atoms with E-state index in [9.17, 15) is 14.9 Å². The first-order valence-corrected chi connectivity index (χ1v) is 8.99. The van der Waals surface area contributed by atoms with Crippen LogP contribution in [0.15, 0.2) is 48.5 Å². The van der Waals surface area contributed by atoms with Crippen LogP contribution in [0.2, 0.25) is 0 Å². The van der Waals surface area contributed by atoms with E-state index in [0.29, 0.717) is 31.1 Å². The second-order valence-electron chi connectivity index (χ2n) is 6.35. The quantitative estimate of drug-likeness (QED) is 0.511. The minimum absolute atomic E-state index is 0.107. The molecule has 8 heteroatoms. The minimum Gasteiger partial charge on any atom is -0.487 e. The van der Waals surface area contributed by atoms with E-state index < -0.39 is 4.92 Å². The van der Waals surface area contributed by atoms with Crippen LogP contribution in [0.3, 0.4) is 0 Å². The Hall–Kier alpha value is -2.97. The van der Waals surface area contributed by atoms with Gasteiger partial charge in [-0.1, -0.05) is 30.3 Å². The van der Waals surface area contributed by atoms with E-state index in [1.807, 2.05) is 30.3 Å². The van der Waals surface area contributed by atoms with Crippen LogP contribution < -0.4 is 9.64 Å². The van der Waals surface area contributed by atoms with E-state index in [2.05, 4.69) is 0 Å². The molecule has 0 unspecified atom stereocenters. The van der Waals surface area contributed by atoms with E-state index in [1.165, 1.54) is 23.1 Å². The third-order valence-corrected chi connectivity index (χ3v) is 4.41. The predicted molar refractivity (Wildman–Crippen MR) is 102 cm³/mol. The molecular formula is C20H22N2O6. The van der Waals surface area contributed by atoms with Crippen molar-refractivity contribution in [2.24, 2.45) is 0 Å². The molecule has 1 aliphatic rings. The lowest BCUT2D eigenvalue weighted by Gasteiger charge is -2.21. The molecule has 8 nitrogen and oxygen atoms in total. The van der Waals surface area contributed by atoms with Crippen molar-refractivity contribution in [3.63, 3.8) is 0 Å². The number of hydrogen-bond donors (Lipinski definition) is 0. The number of nitrogens with zero attached hydrogens (tertiary/aromatic N) is 2. The first-order valence-electron chi connectivity index (χ1n) is 8.99. The Morgan fingerprint density at radius 3 is 2.61 bits per heavy atom. The molecule has 148 valence electrons. The zero-order valence-corrected chi connectivity index (χ0v) is 15.6. The van der Waals surface area contributed by atoms with Crippen LogP contribution in [0.5, 0.6) is 5.75 Å². The van der Waals surface area contributed by atoms with Gasteiger partial charge >= 0.3 is 0 Å². The summed E-state index contributed by atoms with van der Waals surface area (Å²) in [5, 5.41) is 11.2. The molecule has 1 amide bonds. The lowest BCUT2D eigenvalue weighted by Crippen LogP contribution is -2.27. The van der Waals surface area contributed by atoms with Crippen molar-refractivity contribution in [1.82, 2.24) is 0 Å². The highest BCUT2D eigenvalue weighted by molar-refractivity contribution is 5.94. The third kappa shape index (κ3) is 5.05. The molecule has 0 aromatic heterocycles. The molecule has 1 aliphatic heterocycles. The Balaban J connectivity index is 1.74. The SMILES string of the molecule is CN(C(=O)CCC1OCCO1)c1cc([N+](=O)[O-])ccc1OCc1ccccc1. The maximum atomic E-state index is 12.6. The number of nitro benzene ring substituents is 1. The van der Waals surface area contributed by atoms with Crippen LogP contribution in [0.25, 0.3) is 0 Å². The number of carbonyl (C=O) groups is 1. The fraction of sp³-hybridized carbons (Fsp3) is 0.350. The van der Waals surface area contributed by atoms with E-state index in [1.54, 1.807) is 7.05 Å². The number of amides is 1. The minimum atomic E-state index is -0.497. The molecule has 0 aliphatic carbocycles. The molecule has 3 rings (SSSR count). The average molecular weight is 386 g/mol. The van der Waals surface area contributed by atoms with Gasteiger partial charge in [0.05, 0.1) is 23.8 Å². The van der Waals surface area contributed by atoms with Gasteiger partial charge in [0.15, 0.2) is 6.29 Å². The molecule has 0 saturated carbocycles. The van der Waals surface area contributed by atoms with Gasteiger partial charge in [-0.2, -0.15) is 0 Å². The summed E-state index contributed by atoms with van der Waals surface area (Å²) >= 11 is 0. The van der Waals surface area contributed by atoms with Crippen molar-refractivity contribution in [1.29, 1.82) is 0 Å². The summed E-state index contributed by atoms with van der Waals surface area (Å²) in [7, 11) is 1.58. The van der Waals surface area contributed by atoms with Gasteiger partial charge in [0.1, 0.15) is 12.4 Å². The van der Waals surface area contributed by atoms with Crippen molar-refractivity contribution in [3.8, 4) is 5.75 Å². The number of hydrogen-bond acceptors (Lipinski definition) is 6. The molecule has 1 fully saturated rings. The van der Waals surface area contributed by atoms with Gasteiger partial charge in [0.25, 0.3) is 5.69 Å². The lowest BCUT2D eigenvalue weighted by molar-refractivity contribution is -0.384. The smallest absolute Gasteiger partial charge is 0.271 e. The molecule has 0 atom stereocenters. The molecule has 0 N–H and O–H groups in total. The molecule has 1 saturated heterocycles. The van der Waals surface area contributed by atoms with Gasteiger partial charge in [-0.3, -0.25) is 14.9 Å². The first-order chi connectivity index (χ1) is 13.5. The van der Waals surface area contributed by atoms with Crippen molar-refractivity contribution in [3.05, 3.63) is 64.2 Å². The highest BCUT2D eigenvalue weighted by atomic mass is 16.7. The second kappa shape index (κ2) is 9.29. The Bertz CT molecular complexity index is 821. The molecule has 2 aromatic rings. The zero-order chi connectivity index (χ0) is 19.9. The third-order valence-electron chi connectivity index (χ3n) is 4.41. The predicted octanol–water partition coefficient (Wildman–Crippen LogP) is 3.29. The van der Waals surface area contributed by atoms with E-state index in [-0.39, 0.29) is 30.9 Å². The molecular weight excluding hydrogens is 364 g/mol. The number of anilines is 1. The number of carbonyl (C=O) groups excluding carboxylic acids is 1. The van der Waals surface area contributed by atoms with Gasteiger partial charge in [-0.05, 0) is 11.6 Å². The van der Waals surface area contributed by atoms with Gasteiger partial charge in [-0.25, -0.2) is 0 Å². The van der Waals surface area contributed by atoms with E-state index in [0.717, 1.165) is 5.56 Å². The number of rotatable bonds is 8. The van der Waals surface area contributed by atoms with Crippen molar-refractivity contribution < 1.29 is 23.9 Å². The zero-order valence-electron chi connectivity index (χ0n) is 15.6. The fourth-order valence-corrected chi connectivity index (χ4v) is 2.86. The summed E-state index contributed by atoms with van der Waals surface area (Å²) < 4.78 is 16.5. The fourth-order valence-electron chi connectivity index (χ4n) is 2.86. The normalized spacial score (nSPS) is 14.0. The van der Waals surface area contributed by atoms with Crippen LogP contribution in [0.4, 0.5) is 11.4 Å². The van der Waals surface area contributed by atoms with Crippen LogP contribution in [0, 0.1) is 10.1 Å². The van der Waals surface area contributed by atoms with Gasteiger partial charge in [-0.15, -0.1) is 0 Å². The largest absolute Gasteiger partial charge is 0.487 e. The van der Waals surface area contributed by atoms with E-state index in [4.69, 9.17) is 14.2 Å². The van der Waals surface area contributed by atoms with Crippen molar-refractivity contribution in [2.75, 3.05) is 25.2 Å². The lowest BCUT2D eigenvalue weighted by atomic mass is 10.2. The van der Waals surface area contributed by atoms with Gasteiger partial charge in [0, 0.05) is 32.0 Å². The molecule has 1 heterocycles. The van der Waals surface area contributed by atoms with Gasteiger partial charge < -0.3 is 19.1 Å². The van der Waals surface area contributed by atoms with Crippen LogP contribution in [-0.4, -0.2) is 37.4 Å². The summed E-state index contributed by atoms with van der Waals surface area (Å²) in [6.45, 7) is 1.34. The average Bonchev–Trinajstić information content (AvgIpc) is 3.24. The van der Waals surface area contributed by atoms with Crippen LogP contribution in [0.1, 0.15) is 18.4 Å². The van der Waals surface area contributed by atoms with Gasteiger partial charge in [0.2, 0.25) is 5.91 Å². The molecule has 28 heavy (non-hydrogen) atoms. The Labute approximate surface area is 162 Å². The molecule has 0 radical (unpaired) electrons. The number of nitro groups is 1. The topological polar surface area (TPSA) is 91.1 Å². The van der Waals surface area contributed by atoms with E-state index >= 15 is 0 Å². The highest BCUT2D eigenvalue weighted by Crippen LogP contribution is 2.33. The summed E-state index contributed by atoms with van der Waals surface area (Å²) in [5.74, 6) is 0.197. The monoisotopic (exact) mass is 386 g/mol. The number of benzene rings is 2. The van der Waals surface area contributed by atoms with Crippen molar-refractivity contribution >= 4 is 17.3 Å². The Kier molecular flexibility index (Phi) is 6.57. The summed E-state index contributed by atoms with van der Waals surface area (Å²) in [5.41, 5.74) is 1.20. The second-order valence-corrected chi connectivity index (χ2v) is 6.35. The highest BCUT2D eigenvalue weighted by Gasteiger charge is 2.22. The Morgan fingerprint density at radius 1 is 1.21 bits per heavy atom. The number of ether oxygens (including phenoxy) is 3. The molecule has 0 bridgehead atoms. The maximum Gasteiger partial charge on any atom is 0.271 e. The Morgan fingerprint density at radius 2 is 1.93 bits per heavy atom. The molecule has 2 aromatic carbocycles. The molecule has 0 spiro atoms. The van der Waals surface area contributed by atoms with Crippen LogP contribution >= 0.6 is 0 Å².